The van der Waals surface area contributed by atoms with Crippen molar-refractivity contribution >= 4 is 21.7 Å². The van der Waals surface area contributed by atoms with Crippen LogP contribution >= 0.6 is 15.9 Å². The van der Waals surface area contributed by atoms with Crippen molar-refractivity contribution in [3.8, 4) is 0 Å². The topological polar surface area (TPSA) is 26.3 Å². The Bertz CT molecular complexity index is 83.1. The van der Waals surface area contributed by atoms with Gasteiger partial charge in [0.1, 0.15) is 6.61 Å². The van der Waals surface area contributed by atoms with Crippen LogP contribution in [0.3, 0.4) is 0 Å². The number of ether oxygens (including phenoxy) is 1. The van der Waals surface area contributed by atoms with Crippen molar-refractivity contribution in [2.45, 2.75) is 13.3 Å². The van der Waals surface area contributed by atoms with E-state index in [0.29, 0.717) is 11.9 Å². The lowest BCUT2D eigenvalue weighted by Crippen LogP contribution is -2.09. The second kappa shape index (κ2) is 6.23. The van der Waals surface area contributed by atoms with Crippen molar-refractivity contribution in [3.63, 3.8) is 0 Å². The number of ketones is 1. The molecule has 0 aliphatic heterocycles. The maximum atomic E-state index is 10.5. The Morgan fingerprint density at radius 1 is 1.67 bits per heavy atom. The highest BCUT2D eigenvalue weighted by molar-refractivity contribution is 9.09. The van der Waals surface area contributed by atoms with Crippen LogP contribution in [-0.2, 0) is 9.53 Å². The predicted octanol–water partition coefficient (Wildman–Crippen LogP) is 1.38. The van der Waals surface area contributed by atoms with E-state index in [1.165, 1.54) is 0 Å². The third-order valence-electron chi connectivity index (χ3n) is 0.761. The number of carbonyl (C=O) groups excluding carboxylic acids is 1. The fourth-order valence-electron chi connectivity index (χ4n) is 0.369. The molecule has 2 nitrogen and oxygen atoms in total. The van der Waals surface area contributed by atoms with E-state index < -0.39 is 0 Å². The lowest BCUT2D eigenvalue weighted by Gasteiger charge is -1.96. The van der Waals surface area contributed by atoms with E-state index >= 15 is 0 Å². The molecule has 0 atom stereocenters. The first-order chi connectivity index (χ1) is 4.31. The lowest BCUT2D eigenvalue weighted by molar-refractivity contribution is -0.120. The first-order valence-corrected chi connectivity index (χ1v) is 4.08. The largest absolute Gasteiger partial charge is 0.374 e. The van der Waals surface area contributed by atoms with Gasteiger partial charge in [-0.05, 0) is 6.42 Å². The molecule has 0 saturated heterocycles. The molecule has 0 aromatic rings. The predicted molar refractivity (Wildman–Crippen MR) is 39.9 cm³/mol. The fraction of sp³-hybridized carbons (Fsp3) is 0.833. The highest BCUT2D eigenvalue weighted by atomic mass is 79.9. The van der Waals surface area contributed by atoms with Crippen molar-refractivity contribution in [2.24, 2.45) is 0 Å². The van der Waals surface area contributed by atoms with Gasteiger partial charge in [0.15, 0.2) is 5.78 Å². The minimum atomic E-state index is 0.100. The number of Topliss-reactive ketones (excluding diaryl/α,β-unsaturated/α-hetero) is 1. The summed E-state index contributed by atoms with van der Waals surface area (Å²) in [7, 11) is 0. The SMILES string of the molecule is CCCOCC(=O)CBr. The summed E-state index contributed by atoms with van der Waals surface area (Å²) in [6.45, 7) is 2.94. The van der Waals surface area contributed by atoms with Gasteiger partial charge in [-0.25, -0.2) is 0 Å². The second-order valence-electron chi connectivity index (χ2n) is 1.72. The van der Waals surface area contributed by atoms with Crippen molar-refractivity contribution in [2.75, 3.05) is 18.5 Å². The Labute approximate surface area is 63.7 Å². The van der Waals surface area contributed by atoms with Crippen molar-refractivity contribution in [1.29, 1.82) is 0 Å². The normalized spacial score (nSPS) is 9.56. The van der Waals surface area contributed by atoms with Crippen LogP contribution in [0.25, 0.3) is 0 Å². The van der Waals surface area contributed by atoms with Crippen LogP contribution < -0.4 is 0 Å². The molecule has 0 saturated carbocycles. The smallest absolute Gasteiger partial charge is 0.168 e. The Balaban J connectivity index is 2.97. The van der Waals surface area contributed by atoms with Crippen molar-refractivity contribution < 1.29 is 9.53 Å². The van der Waals surface area contributed by atoms with Crippen LogP contribution in [0.4, 0.5) is 0 Å². The number of carbonyl (C=O) groups is 1. The van der Waals surface area contributed by atoms with Crippen LogP contribution in [0, 0.1) is 0 Å². The number of hydrogen-bond acceptors (Lipinski definition) is 2. The number of halogens is 1. The third-order valence-corrected chi connectivity index (χ3v) is 1.39. The monoisotopic (exact) mass is 194 g/mol. The first-order valence-electron chi connectivity index (χ1n) is 2.96. The van der Waals surface area contributed by atoms with Crippen molar-refractivity contribution in [1.82, 2.24) is 0 Å². The van der Waals surface area contributed by atoms with Gasteiger partial charge in [-0.2, -0.15) is 0 Å². The summed E-state index contributed by atoms with van der Waals surface area (Å²) < 4.78 is 4.96. The molecule has 54 valence electrons. The molecule has 0 amide bonds. The van der Waals surface area contributed by atoms with E-state index in [1.807, 2.05) is 6.92 Å². The molecule has 0 fully saturated rings. The average molecular weight is 195 g/mol. The van der Waals surface area contributed by atoms with E-state index in [0.717, 1.165) is 6.42 Å². The molecule has 0 unspecified atom stereocenters. The zero-order chi connectivity index (χ0) is 7.11. The third kappa shape index (κ3) is 5.99. The molecule has 0 N–H and O–H groups in total. The maximum absolute atomic E-state index is 10.5. The zero-order valence-corrected chi connectivity index (χ0v) is 7.11. The summed E-state index contributed by atoms with van der Waals surface area (Å²) in [6.07, 6.45) is 0.968. The summed E-state index contributed by atoms with van der Waals surface area (Å²) in [5.41, 5.74) is 0. The molecular weight excluding hydrogens is 184 g/mol. The van der Waals surface area contributed by atoms with Gasteiger partial charge >= 0.3 is 0 Å². The molecule has 0 heterocycles. The quantitative estimate of drug-likeness (QED) is 0.489. The van der Waals surface area contributed by atoms with E-state index in [9.17, 15) is 4.79 Å². The molecule has 0 aromatic carbocycles. The number of hydrogen-bond donors (Lipinski definition) is 0. The molecule has 3 heteroatoms. The molecule has 0 aliphatic rings. The Kier molecular flexibility index (Phi) is 6.31. The van der Waals surface area contributed by atoms with Gasteiger partial charge in [-0.1, -0.05) is 22.9 Å². The average Bonchev–Trinajstić information content (AvgIpc) is 1.89. The molecule has 9 heavy (non-hydrogen) atoms. The number of rotatable bonds is 5. The highest BCUT2D eigenvalue weighted by Crippen LogP contribution is 1.85. The van der Waals surface area contributed by atoms with Gasteiger partial charge in [0, 0.05) is 6.61 Å². The second-order valence-corrected chi connectivity index (χ2v) is 2.29. The van der Waals surface area contributed by atoms with Crippen molar-refractivity contribution in [3.05, 3.63) is 0 Å². The summed E-state index contributed by atoms with van der Waals surface area (Å²) in [4.78, 5) is 10.5. The van der Waals surface area contributed by atoms with Gasteiger partial charge in [-0.3, -0.25) is 4.79 Å². The first kappa shape index (κ1) is 9.11. The fourth-order valence-corrected chi connectivity index (χ4v) is 0.531. The van der Waals surface area contributed by atoms with E-state index in [2.05, 4.69) is 15.9 Å². The Morgan fingerprint density at radius 2 is 2.33 bits per heavy atom. The summed E-state index contributed by atoms with van der Waals surface area (Å²) in [5.74, 6) is 0.100. The van der Waals surface area contributed by atoms with Gasteiger partial charge < -0.3 is 4.74 Å². The number of alkyl halides is 1. The van der Waals surface area contributed by atoms with E-state index in [4.69, 9.17) is 4.74 Å². The molecule has 0 aromatic heterocycles. The summed E-state index contributed by atoms with van der Waals surface area (Å²) in [6, 6.07) is 0. The van der Waals surface area contributed by atoms with Gasteiger partial charge in [0.25, 0.3) is 0 Å². The minimum absolute atomic E-state index is 0.100. The van der Waals surface area contributed by atoms with Gasteiger partial charge in [-0.15, -0.1) is 0 Å². The molecule has 0 rings (SSSR count). The Morgan fingerprint density at radius 3 is 2.78 bits per heavy atom. The molecule has 0 spiro atoms. The van der Waals surface area contributed by atoms with Gasteiger partial charge in [0.05, 0.1) is 5.33 Å². The highest BCUT2D eigenvalue weighted by Gasteiger charge is 1.96. The van der Waals surface area contributed by atoms with Crippen LogP contribution in [0.15, 0.2) is 0 Å². The lowest BCUT2D eigenvalue weighted by atomic mass is 10.5. The molecule has 0 radical (unpaired) electrons. The van der Waals surface area contributed by atoms with Gasteiger partial charge in [0.2, 0.25) is 0 Å². The molecule has 0 bridgehead atoms. The van der Waals surface area contributed by atoms with Crippen LogP contribution in [0.1, 0.15) is 13.3 Å². The van der Waals surface area contributed by atoms with E-state index in [1.54, 1.807) is 0 Å². The van der Waals surface area contributed by atoms with Crippen LogP contribution in [-0.4, -0.2) is 24.3 Å². The zero-order valence-electron chi connectivity index (χ0n) is 5.52. The van der Waals surface area contributed by atoms with Crippen LogP contribution in [0.5, 0.6) is 0 Å². The molecular formula is C6H11BrO2. The molecule has 0 aliphatic carbocycles. The summed E-state index contributed by atoms with van der Waals surface area (Å²) >= 11 is 3.04. The van der Waals surface area contributed by atoms with Crippen LogP contribution in [0.2, 0.25) is 0 Å². The van der Waals surface area contributed by atoms with E-state index in [-0.39, 0.29) is 12.4 Å². The summed E-state index contributed by atoms with van der Waals surface area (Å²) in [5, 5.41) is 0.400. The Hall–Kier alpha value is 0.110. The maximum Gasteiger partial charge on any atom is 0.168 e. The minimum Gasteiger partial charge on any atom is -0.374 e. The standard InChI is InChI=1S/C6H11BrO2/c1-2-3-9-5-6(8)4-7/h2-5H2,1H3.